The van der Waals surface area contributed by atoms with Gasteiger partial charge in [-0.25, -0.2) is 9.97 Å². The Kier molecular flexibility index (Phi) is 7.29. The normalized spacial score (nSPS) is 19.2. The predicted molar refractivity (Wildman–Crippen MR) is 152 cm³/mol. The van der Waals surface area contributed by atoms with Crippen molar-refractivity contribution in [2.45, 2.75) is 76.7 Å². The van der Waals surface area contributed by atoms with Crippen molar-refractivity contribution in [3.8, 4) is 17.3 Å². The summed E-state index contributed by atoms with van der Waals surface area (Å²) in [6.07, 6.45) is 15.6. The molecule has 3 aromatic heterocycles. The highest BCUT2D eigenvalue weighted by Crippen LogP contribution is 2.37. The van der Waals surface area contributed by atoms with Gasteiger partial charge in [-0.1, -0.05) is 37.1 Å². The Bertz CT molecular complexity index is 1570. The SMILES string of the molecule is CC(C(=O)n1ccc2c(-c3cnn(C(CC#N)C4CCCC4)c3)ncnc21)c1ccc(CC2CCCC2=O)cc1. The summed E-state index contributed by atoms with van der Waals surface area (Å²) in [4.78, 5) is 34.6. The zero-order valence-corrected chi connectivity index (χ0v) is 22.9. The zero-order valence-electron chi connectivity index (χ0n) is 22.9. The average molecular weight is 535 g/mol. The number of carbonyl (C=O) groups excluding carboxylic acids is 2. The van der Waals surface area contributed by atoms with E-state index < -0.39 is 0 Å². The minimum atomic E-state index is -0.364. The summed E-state index contributed by atoms with van der Waals surface area (Å²) >= 11 is 0. The highest BCUT2D eigenvalue weighted by molar-refractivity contribution is 5.98. The average Bonchev–Trinajstić information content (AvgIpc) is 3.79. The van der Waals surface area contributed by atoms with Gasteiger partial charge < -0.3 is 0 Å². The number of nitriles is 1. The molecule has 0 amide bonds. The molecular weight excluding hydrogens is 500 g/mol. The van der Waals surface area contributed by atoms with Crippen LogP contribution in [-0.2, 0) is 11.2 Å². The van der Waals surface area contributed by atoms with Crippen LogP contribution in [0.1, 0.15) is 86.2 Å². The second-order valence-electron chi connectivity index (χ2n) is 11.4. The number of Topliss-reactive ketones (excluding diaryl/α,β-unsaturated/α-hetero) is 1. The van der Waals surface area contributed by atoms with E-state index in [-0.39, 0.29) is 23.8 Å². The Morgan fingerprint density at radius 1 is 1.10 bits per heavy atom. The number of fused-ring (bicyclic) bond motifs is 1. The van der Waals surface area contributed by atoms with E-state index in [0.717, 1.165) is 59.9 Å². The lowest BCUT2D eigenvalue weighted by Gasteiger charge is -2.21. The number of nitrogens with zero attached hydrogens (tertiary/aromatic N) is 6. The maximum absolute atomic E-state index is 13.6. The summed E-state index contributed by atoms with van der Waals surface area (Å²) < 4.78 is 3.54. The van der Waals surface area contributed by atoms with Crippen molar-refractivity contribution in [3.63, 3.8) is 0 Å². The minimum Gasteiger partial charge on any atom is -0.299 e. The monoisotopic (exact) mass is 534 g/mol. The number of hydrogen-bond acceptors (Lipinski definition) is 6. The van der Waals surface area contributed by atoms with Crippen LogP contribution < -0.4 is 0 Å². The summed E-state index contributed by atoms with van der Waals surface area (Å²) in [5, 5.41) is 14.8. The number of aromatic nitrogens is 5. The van der Waals surface area contributed by atoms with E-state index in [9.17, 15) is 14.9 Å². The van der Waals surface area contributed by atoms with E-state index in [4.69, 9.17) is 0 Å². The lowest BCUT2D eigenvalue weighted by Crippen LogP contribution is -2.17. The Hall–Kier alpha value is -4.12. The summed E-state index contributed by atoms with van der Waals surface area (Å²) in [5.74, 6) is 0.549. The summed E-state index contributed by atoms with van der Waals surface area (Å²) in [5.41, 5.74) is 4.21. The third-order valence-corrected chi connectivity index (χ3v) is 8.94. The van der Waals surface area contributed by atoms with E-state index in [1.54, 1.807) is 17.0 Å². The minimum absolute atomic E-state index is 0.0654. The van der Waals surface area contributed by atoms with Crippen LogP contribution in [0.4, 0.5) is 0 Å². The summed E-state index contributed by atoms with van der Waals surface area (Å²) in [6.45, 7) is 1.91. The third kappa shape index (κ3) is 4.97. The largest absolute Gasteiger partial charge is 0.299 e. The van der Waals surface area contributed by atoms with Gasteiger partial charge in [0.15, 0.2) is 5.65 Å². The number of rotatable bonds is 8. The van der Waals surface area contributed by atoms with Crippen molar-refractivity contribution in [2.24, 2.45) is 11.8 Å². The standard InChI is InChI=1S/C32H34N6O2/c1-21(23-11-9-22(10-12-23)17-25-7-4-8-29(25)39)32(40)37-16-14-27-30(34-20-35-31(27)37)26-18-36-38(19-26)28(13-15-33)24-5-2-3-6-24/h9-12,14,16,18-21,24-25,28H,2-8,13,17H2,1H3. The van der Waals surface area contributed by atoms with Crippen LogP contribution in [0.5, 0.6) is 0 Å². The maximum atomic E-state index is 13.6. The van der Waals surface area contributed by atoms with Gasteiger partial charge in [-0.15, -0.1) is 0 Å². The van der Waals surface area contributed by atoms with Gasteiger partial charge in [0, 0.05) is 35.7 Å². The number of benzene rings is 1. The predicted octanol–water partition coefficient (Wildman–Crippen LogP) is 6.30. The molecule has 2 aliphatic rings. The van der Waals surface area contributed by atoms with E-state index >= 15 is 0 Å². The molecule has 4 aromatic rings. The van der Waals surface area contributed by atoms with Crippen molar-refractivity contribution in [1.29, 1.82) is 5.26 Å². The lowest BCUT2D eigenvalue weighted by molar-refractivity contribution is -0.120. The molecule has 40 heavy (non-hydrogen) atoms. The molecule has 2 saturated carbocycles. The molecule has 3 heterocycles. The molecule has 2 aliphatic carbocycles. The van der Waals surface area contributed by atoms with Crippen molar-refractivity contribution in [3.05, 3.63) is 66.4 Å². The summed E-state index contributed by atoms with van der Waals surface area (Å²) in [6, 6.07) is 12.4. The topological polar surface area (TPSA) is 106 Å². The van der Waals surface area contributed by atoms with Crippen LogP contribution in [0.2, 0.25) is 0 Å². The Morgan fingerprint density at radius 3 is 2.62 bits per heavy atom. The van der Waals surface area contributed by atoms with Crippen LogP contribution in [0.15, 0.2) is 55.2 Å². The smallest absolute Gasteiger partial charge is 0.239 e. The van der Waals surface area contributed by atoms with Crippen LogP contribution in [-0.4, -0.2) is 36.0 Å². The molecule has 6 rings (SSSR count). The van der Waals surface area contributed by atoms with Crippen molar-refractivity contribution in [2.75, 3.05) is 0 Å². The van der Waals surface area contributed by atoms with Gasteiger partial charge in [0.05, 0.1) is 36.3 Å². The van der Waals surface area contributed by atoms with Crippen molar-refractivity contribution in [1.82, 2.24) is 24.3 Å². The first-order valence-corrected chi connectivity index (χ1v) is 14.4. The number of hydrogen-bond donors (Lipinski definition) is 0. The molecular formula is C32H34N6O2. The second kappa shape index (κ2) is 11.2. The molecule has 0 aliphatic heterocycles. The molecule has 0 bridgehead atoms. The van der Waals surface area contributed by atoms with Gasteiger partial charge in [-0.2, -0.15) is 10.4 Å². The Morgan fingerprint density at radius 2 is 1.90 bits per heavy atom. The summed E-state index contributed by atoms with van der Waals surface area (Å²) in [7, 11) is 0. The fraction of sp³-hybridized carbons (Fsp3) is 0.438. The van der Waals surface area contributed by atoms with Crippen LogP contribution in [0, 0.1) is 23.2 Å². The fourth-order valence-corrected chi connectivity index (χ4v) is 6.59. The second-order valence-corrected chi connectivity index (χ2v) is 11.4. The Labute approximate surface area is 234 Å². The highest BCUT2D eigenvalue weighted by Gasteiger charge is 2.28. The first-order valence-electron chi connectivity index (χ1n) is 14.4. The maximum Gasteiger partial charge on any atom is 0.239 e. The zero-order chi connectivity index (χ0) is 27.6. The molecule has 3 unspecified atom stereocenters. The van der Waals surface area contributed by atoms with Gasteiger partial charge in [0.2, 0.25) is 5.91 Å². The van der Waals surface area contributed by atoms with Crippen molar-refractivity contribution < 1.29 is 9.59 Å². The van der Waals surface area contributed by atoms with E-state index in [1.165, 1.54) is 19.2 Å². The van der Waals surface area contributed by atoms with Gasteiger partial charge in [0.25, 0.3) is 0 Å². The Balaban J connectivity index is 1.22. The molecule has 8 nitrogen and oxygen atoms in total. The third-order valence-electron chi connectivity index (χ3n) is 8.94. The van der Waals surface area contributed by atoms with E-state index in [2.05, 4.69) is 21.1 Å². The number of carbonyl (C=O) groups is 2. The highest BCUT2D eigenvalue weighted by atomic mass is 16.2. The van der Waals surface area contributed by atoms with Gasteiger partial charge in [-0.3, -0.25) is 18.8 Å². The quantitative estimate of drug-likeness (QED) is 0.263. The molecule has 3 atom stereocenters. The van der Waals surface area contributed by atoms with E-state index in [1.807, 2.05) is 48.1 Å². The van der Waals surface area contributed by atoms with Crippen LogP contribution >= 0.6 is 0 Å². The molecule has 2 fully saturated rings. The van der Waals surface area contributed by atoms with Crippen molar-refractivity contribution >= 4 is 22.7 Å². The molecule has 1 aromatic carbocycles. The molecule has 8 heteroatoms. The van der Waals surface area contributed by atoms with Crippen LogP contribution in [0.25, 0.3) is 22.3 Å². The molecule has 0 saturated heterocycles. The van der Waals surface area contributed by atoms with Gasteiger partial charge in [-0.05, 0) is 62.1 Å². The lowest BCUT2D eigenvalue weighted by atomic mass is 9.94. The van der Waals surface area contributed by atoms with E-state index in [0.29, 0.717) is 30.2 Å². The molecule has 0 N–H and O–H groups in total. The van der Waals surface area contributed by atoms with Gasteiger partial charge >= 0.3 is 0 Å². The molecule has 204 valence electrons. The first-order chi connectivity index (χ1) is 19.5. The van der Waals surface area contributed by atoms with Crippen LogP contribution in [0.3, 0.4) is 0 Å². The fourth-order valence-electron chi connectivity index (χ4n) is 6.59. The molecule has 0 radical (unpaired) electrons. The molecule has 0 spiro atoms. The van der Waals surface area contributed by atoms with Gasteiger partial charge in [0.1, 0.15) is 12.1 Å². The number of ketones is 1. The first kappa shape index (κ1) is 26.1.